The summed E-state index contributed by atoms with van der Waals surface area (Å²) in [6, 6.07) is 6.60. The number of hydrogen-bond acceptors (Lipinski definition) is 2. The summed E-state index contributed by atoms with van der Waals surface area (Å²) in [5.74, 6) is 0.957. The third kappa shape index (κ3) is 2.52. The second-order valence-corrected chi connectivity index (χ2v) is 11.5. The summed E-state index contributed by atoms with van der Waals surface area (Å²) < 4.78 is 5.57. The third-order valence-corrected chi connectivity index (χ3v) is 7.24. The minimum atomic E-state index is 0.0913. The molecule has 2 nitrogen and oxygen atoms in total. The molecule has 2 unspecified atom stereocenters. The first-order chi connectivity index (χ1) is 12.5. The molecule has 1 aromatic carbocycles. The average molecular weight is 364 g/mol. The molecule has 3 aliphatic carbocycles. The summed E-state index contributed by atoms with van der Waals surface area (Å²) in [5.41, 5.74) is 8.51. The van der Waals surface area contributed by atoms with Crippen molar-refractivity contribution in [2.75, 3.05) is 12.4 Å². The van der Waals surface area contributed by atoms with Crippen LogP contribution in [0.3, 0.4) is 0 Å². The Balaban J connectivity index is 1.81. The lowest BCUT2D eigenvalue weighted by molar-refractivity contribution is 0.0837. The molecule has 0 saturated heterocycles. The van der Waals surface area contributed by atoms with Crippen molar-refractivity contribution in [2.24, 2.45) is 16.2 Å². The Kier molecular flexibility index (Phi) is 3.23. The molecule has 2 bridgehead atoms. The minimum absolute atomic E-state index is 0.0913. The zero-order valence-corrected chi connectivity index (χ0v) is 17.8. The van der Waals surface area contributed by atoms with Crippen LogP contribution in [0, 0.1) is 16.2 Å². The Hall–Kier alpha value is -1.70. The second-order valence-electron chi connectivity index (χ2n) is 11.5. The molecule has 27 heavy (non-hydrogen) atoms. The second kappa shape index (κ2) is 5.01. The molecule has 1 aliphatic heterocycles. The van der Waals surface area contributed by atoms with Gasteiger partial charge in [-0.1, -0.05) is 40.7 Å². The van der Waals surface area contributed by atoms with Gasteiger partial charge in [-0.05, 0) is 83.3 Å². The van der Waals surface area contributed by atoms with Crippen LogP contribution in [0.25, 0.3) is 5.57 Å². The van der Waals surface area contributed by atoms with Gasteiger partial charge in [0.05, 0.1) is 12.6 Å². The lowest BCUT2D eigenvalue weighted by atomic mass is 9.48. The van der Waals surface area contributed by atoms with Crippen LogP contribution in [0.2, 0.25) is 0 Å². The number of methoxy groups -OCH3 is 1. The van der Waals surface area contributed by atoms with Gasteiger partial charge in [0.2, 0.25) is 0 Å². The molecule has 5 rings (SSSR count). The fourth-order valence-corrected chi connectivity index (χ4v) is 7.28. The van der Waals surface area contributed by atoms with E-state index in [9.17, 15) is 0 Å². The highest BCUT2D eigenvalue weighted by molar-refractivity contribution is 5.89. The molecule has 0 radical (unpaired) electrons. The Morgan fingerprint density at radius 1 is 0.926 bits per heavy atom. The van der Waals surface area contributed by atoms with Crippen molar-refractivity contribution in [3.8, 4) is 5.75 Å². The van der Waals surface area contributed by atoms with Crippen molar-refractivity contribution < 1.29 is 4.74 Å². The van der Waals surface area contributed by atoms with E-state index in [0.29, 0.717) is 10.8 Å². The van der Waals surface area contributed by atoms with Gasteiger partial charge >= 0.3 is 0 Å². The Bertz CT molecular complexity index is 903. The monoisotopic (exact) mass is 363 g/mol. The number of anilines is 1. The van der Waals surface area contributed by atoms with Gasteiger partial charge in [-0.25, -0.2) is 0 Å². The van der Waals surface area contributed by atoms with E-state index in [1.807, 2.05) is 0 Å². The van der Waals surface area contributed by atoms with Crippen molar-refractivity contribution >= 4 is 11.3 Å². The Morgan fingerprint density at radius 2 is 1.70 bits per heavy atom. The minimum Gasteiger partial charge on any atom is -0.497 e. The van der Waals surface area contributed by atoms with E-state index in [0.717, 1.165) is 12.2 Å². The molecule has 1 fully saturated rings. The number of hydrogen-bond donors (Lipinski definition) is 1. The topological polar surface area (TPSA) is 21.3 Å². The number of allylic oxidation sites excluding steroid dienone is 2. The van der Waals surface area contributed by atoms with E-state index >= 15 is 0 Å². The molecule has 2 heteroatoms. The predicted octanol–water partition coefficient (Wildman–Crippen LogP) is 6.59. The van der Waals surface area contributed by atoms with Crippen LogP contribution >= 0.6 is 0 Å². The maximum absolute atomic E-state index is 5.57. The SMILES string of the molecule is COc1ccc2c(c1)C1=C3C(=CC4(C)CC(C)(C)CC3(C4)N2)CC(C)(C)C1. The van der Waals surface area contributed by atoms with Crippen molar-refractivity contribution in [1.82, 2.24) is 0 Å². The number of ether oxygens (including phenoxy) is 1. The van der Waals surface area contributed by atoms with Gasteiger partial charge in [-0.2, -0.15) is 0 Å². The molecule has 1 aromatic rings. The molecule has 1 N–H and O–H groups in total. The van der Waals surface area contributed by atoms with Gasteiger partial charge in [-0.15, -0.1) is 0 Å². The molecular weight excluding hydrogens is 330 g/mol. The lowest BCUT2D eigenvalue weighted by Gasteiger charge is -2.61. The van der Waals surface area contributed by atoms with Crippen LogP contribution in [-0.4, -0.2) is 12.6 Å². The first-order valence-corrected chi connectivity index (χ1v) is 10.5. The van der Waals surface area contributed by atoms with Crippen LogP contribution < -0.4 is 10.1 Å². The summed E-state index contributed by atoms with van der Waals surface area (Å²) in [7, 11) is 1.77. The predicted molar refractivity (Wildman–Crippen MR) is 113 cm³/mol. The van der Waals surface area contributed by atoms with E-state index in [2.05, 4.69) is 64.2 Å². The van der Waals surface area contributed by atoms with Crippen molar-refractivity contribution in [3.05, 3.63) is 41.0 Å². The van der Waals surface area contributed by atoms with Crippen LogP contribution in [0.15, 0.2) is 35.4 Å². The van der Waals surface area contributed by atoms with Crippen LogP contribution in [0.4, 0.5) is 5.69 Å². The van der Waals surface area contributed by atoms with Crippen LogP contribution in [0.5, 0.6) is 5.75 Å². The Labute approximate surface area is 164 Å². The highest BCUT2D eigenvalue weighted by Crippen LogP contribution is 2.65. The zero-order chi connectivity index (χ0) is 19.2. The number of benzene rings is 1. The maximum Gasteiger partial charge on any atom is 0.119 e. The van der Waals surface area contributed by atoms with Gasteiger partial charge < -0.3 is 10.1 Å². The lowest BCUT2D eigenvalue weighted by Crippen LogP contribution is -2.57. The van der Waals surface area contributed by atoms with Gasteiger partial charge in [0, 0.05) is 11.3 Å². The van der Waals surface area contributed by atoms with Gasteiger partial charge in [0.25, 0.3) is 0 Å². The smallest absolute Gasteiger partial charge is 0.119 e. The summed E-state index contributed by atoms with van der Waals surface area (Å²) in [4.78, 5) is 0. The van der Waals surface area contributed by atoms with E-state index in [1.54, 1.807) is 23.8 Å². The van der Waals surface area contributed by atoms with Crippen molar-refractivity contribution in [3.63, 3.8) is 0 Å². The summed E-state index contributed by atoms with van der Waals surface area (Å²) in [6.45, 7) is 12.3. The first kappa shape index (κ1) is 17.4. The van der Waals surface area contributed by atoms with E-state index in [4.69, 9.17) is 4.74 Å². The summed E-state index contributed by atoms with van der Waals surface area (Å²) >= 11 is 0. The molecule has 144 valence electrons. The zero-order valence-electron chi connectivity index (χ0n) is 17.8. The normalized spacial score (nSPS) is 34.8. The molecule has 0 amide bonds. The standard InChI is InChI=1S/C25H33NO/c1-22(2)10-16-11-24(5)13-23(3,4)14-25(15-24)21(16)19(12-22)18-9-17(27-6)7-8-20(18)26-25/h7-9,11,26H,10,12-15H2,1-6H3. The largest absolute Gasteiger partial charge is 0.497 e. The van der Waals surface area contributed by atoms with Crippen molar-refractivity contribution in [1.29, 1.82) is 0 Å². The highest BCUT2D eigenvalue weighted by Gasteiger charge is 2.57. The van der Waals surface area contributed by atoms with Crippen LogP contribution in [-0.2, 0) is 0 Å². The quantitative estimate of drug-likeness (QED) is 0.608. The molecular formula is C25H33NO. The highest BCUT2D eigenvalue weighted by atomic mass is 16.5. The molecule has 2 atom stereocenters. The Morgan fingerprint density at radius 3 is 2.44 bits per heavy atom. The van der Waals surface area contributed by atoms with Gasteiger partial charge in [0.1, 0.15) is 5.75 Å². The molecule has 1 heterocycles. The first-order valence-electron chi connectivity index (χ1n) is 10.5. The van der Waals surface area contributed by atoms with E-state index in [1.165, 1.54) is 36.9 Å². The number of fused-ring (bicyclic) bond motifs is 3. The van der Waals surface area contributed by atoms with Crippen molar-refractivity contribution in [2.45, 2.75) is 72.3 Å². The third-order valence-electron chi connectivity index (χ3n) is 7.24. The van der Waals surface area contributed by atoms with Crippen LogP contribution in [0.1, 0.15) is 72.3 Å². The van der Waals surface area contributed by atoms with E-state index in [-0.39, 0.29) is 11.0 Å². The molecule has 1 spiro atoms. The summed E-state index contributed by atoms with van der Waals surface area (Å²) in [5, 5.41) is 4.08. The fourth-order valence-electron chi connectivity index (χ4n) is 7.28. The fraction of sp³-hybridized carbons (Fsp3) is 0.600. The van der Waals surface area contributed by atoms with Gasteiger partial charge in [-0.3, -0.25) is 0 Å². The molecule has 0 aromatic heterocycles. The molecule has 4 aliphatic rings. The molecule has 1 saturated carbocycles. The average Bonchev–Trinajstić information content (AvgIpc) is 2.49. The maximum atomic E-state index is 5.57. The number of nitrogens with one attached hydrogen (secondary N) is 1. The van der Waals surface area contributed by atoms with Gasteiger partial charge in [0.15, 0.2) is 0 Å². The van der Waals surface area contributed by atoms with E-state index < -0.39 is 0 Å². The summed E-state index contributed by atoms with van der Waals surface area (Å²) in [6.07, 6.45) is 8.74. The number of rotatable bonds is 1.